The summed E-state index contributed by atoms with van der Waals surface area (Å²) in [6.45, 7) is 2.27. The molecule has 128 valence electrons. The second-order valence-electron chi connectivity index (χ2n) is 5.98. The number of hydrogen-bond donors (Lipinski definition) is 0. The lowest BCUT2D eigenvalue weighted by molar-refractivity contribution is 0.394. The molecule has 2 nitrogen and oxygen atoms in total. The Kier molecular flexibility index (Phi) is 10.9. The van der Waals surface area contributed by atoms with Gasteiger partial charge in [-0.3, -0.25) is 0 Å². The van der Waals surface area contributed by atoms with Crippen molar-refractivity contribution in [1.82, 2.24) is 0 Å². The lowest BCUT2D eigenvalue weighted by Gasteiger charge is -2.04. The van der Waals surface area contributed by atoms with E-state index in [0.29, 0.717) is 0 Å². The lowest BCUT2D eigenvalue weighted by Crippen LogP contribution is -1.88. The molecule has 1 rings (SSSR count). The quantitative estimate of drug-likeness (QED) is 0.369. The monoisotopic (exact) mass is 316 g/mol. The maximum absolute atomic E-state index is 5.26. The summed E-state index contributed by atoms with van der Waals surface area (Å²) in [6.07, 6.45) is 13.1. The minimum atomic E-state index is 0.789. The summed E-state index contributed by atoms with van der Waals surface area (Å²) in [5.41, 5.74) is 0.956. The van der Waals surface area contributed by atoms with Crippen LogP contribution in [0.25, 0.3) is 0 Å². The Labute approximate surface area is 142 Å². The van der Waals surface area contributed by atoms with Crippen molar-refractivity contribution in [3.8, 4) is 23.3 Å². The van der Waals surface area contributed by atoms with Crippen LogP contribution < -0.4 is 9.47 Å². The van der Waals surface area contributed by atoms with Gasteiger partial charge in [-0.05, 0) is 18.6 Å². The van der Waals surface area contributed by atoms with Crippen LogP contribution in [-0.2, 0) is 0 Å². The topological polar surface area (TPSA) is 18.5 Å². The minimum Gasteiger partial charge on any atom is -0.497 e. The van der Waals surface area contributed by atoms with Crippen molar-refractivity contribution in [3.63, 3.8) is 0 Å². The number of ether oxygens (including phenoxy) is 2. The number of benzene rings is 1. The Hall–Kier alpha value is -1.62. The molecule has 23 heavy (non-hydrogen) atoms. The van der Waals surface area contributed by atoms with Crippen LogP contribution in [-0.4, -0.2) is 14.2 Å². The highest BCUT2D eigenvalue weighted by Crippen LogP contribution is 2.21. The van der Waals surface area contributed by atoms with Gasteiger partial charge in [-0.25, -0.2) is 0 Å². The lowest BCUT2D eigenvalue weighted by atomic mass is 10.1. The zero-order chi connectivity index (χ0) is 16.8. The van der Waals surface area contributed by atoms with Crippen molar-refractivity contribution in [2.45, 2.75) is 71.1 Å². The number of hydrogen-bond acceptors (Lipinski definition) is 2. The molecule has 1 aromatic rings. The van der Waals surface area contributed by atoms with Crippen molar-refractivity contribution >= 4 is 0 Å². The van der Waals surface area contributed by atoms with E-state index in [1.165, 1.54) is 57.8 Å². The van der Waals surface area contributed by atoms with Gasteiger partial charge < -0.3 is 9.47 Å². The molecular weight excluding hydrogens is 284 g/mol. The van der Waals surface area contributed by atoms with Crippen molar-refractivity contribution in [2.24, 2.45) is 0 Å². The molecule has 0 bridgehead atoms. The van der Waals surface area contributed by atoms with Gasteiger partial charge in [-0.2, -0.15) is 0 Å². The van der Waals surface area contributed by atoms with Crippen molar-refractivity contribution in [1.29, 1.82) is 0 Å². The first-order chi connectivity index (χ1) is 11.3. The third kappa shape index (κ3) is 9.18. The summed E-state index contributed by atoms with van der Waals surface area (Å²) < 4.78 is 10.5. The third-order valence-corrected chi connectivity index (χ3v) is 3.99. The SMILES string of the molecule is CCCCCCCCCCCC#Cc1cc(OC)cc(OC)c1. The molecule has 0 heterocycles. The van der Waals surface area contributed by atoms with E-state index in [1.54, 1.807) is 14.2 Å². The van der Waals surface area contributed by atoms with Crippen LogP contribution in [0.15, 0.2) is 18.2 Å². The maximum Gasteiger partial charge on any atom is 0.123 e. The van der Waals surface area contributed by atoms with Crippen molar-refractivity contribution in [3.05, 3.63) is 23.8 Å². The fourth-order valence-electron chi connectivity index (χ4n) is 2.57. The summed E-state index contributed by atoms with van der Waals surface area (Å²) in [5.74, 6) is 8.05. The van der Waals surface area contributed by atoms with Gasteiger partial charge in [0.05, 0.1) is 14.2 Å². The Balaban J connectivity index is 2.18. The maximum atomic E-state index is 5.26. The van der Waals surface area contributed by atoms with Gasteiger partial charge in [0.15, 0.2) is 0 Å². The first-order valence-corrected chi connectivity index (χ1v) is 9.02. The second kappa shape index (κ2) is 12.9. The normalized spacial score (nSPS) is 10.0. The van der Waals surface area contributed by atoms with Crippen molar-refractivity contribution in [2.75, 3.05) is 14.2 Å². The zero-order valence-corrected chi connectivity index (χ0v) is 15.1. The van der Waals surface area contributed by atoms with E-state index in [-0.39, 0.29) is 0 Å². The van der Waals surface area contributed by atoms with Crippen molar-refractivity contribution < 1.29 is 9.47 Å². The Morgan fingerprint density at radius 1 is 0.739 bits per heavy atom. The molecule has 2 heteroatoms. The Bertz CT molecular complexity index is 460. The highest BCUT2D eigenvalue weighted by Gasteiger charge is 1.99. The van der Waals surface area contributed by atoms with E-state index in [4.69, 9.17) is 9.47 Å². The molecule has 0 aliphatic heterocycles. The van der Waals surface area contributed by atoms with Crippen LogP contribution in [0.4, 0.5) is 0 Å². The second-order valence-corrected chi connectivity index (χ2v) is 5.98. The fourth-order valence-corrected chi connectivity index (χ4v) is 2.57. The molecule has 0 aliphatic carbocycles. The highest BCUT2D eigenvalue weighted by atomic mass is 16.5. The Morgan fingerprint density at radius 3 is 1.78 bits per heavy atom. The molecule has 0 N–H and O–H groups in total. The molecule has 0 aromatic heterocycles. The van der Waals surface area contributed by atoms with E-state index >= 15 is 0 Å². The molecule has 1 aromatic carbocycles. The van der Waals surface area contributed by atoms with Gasteiger partial charge in [0.1, 0.15) is 11.5 Å². The average Bonchev–Trinajstić information content (AvgIpc) is 2.59. The molecular formula is C21H32O2. The summed E-state index contributed by atoms with van der Waals surface area (Å²) >= 11 is 0. The predicted molar refractivity (Wildman–Crippen MR) is 98.3 cm³/mol. The van der Waals surface area contributed by atoms with E-state index in [9.17, 15) is 0 Å². The highest BCUT2D eigenvalue weighted by molar-refractivity contribution is 5.46. The van der Waals surface area contributed by atoms with Gasteiger partial charge >= 0.3 is 0 Å². The molecule has 0 saturated carbocycles. The first-order valence-electron chi connectivity index (χ1n) is 9.02. The largest absolute Gasteiger partial charge is 0.497 e. The van der Waals surface area contributed by atoms with Crippen LogP contribution in [0, 0.1) is 11.8 Å². The summed E-state index contributed by atoms with van der Waals surface area (Å²) in [5, 5.41) is 0. The van der Waals surface area contributed by atoms with Gasteiger partial charge in [0, 0.05) is 18.1 Å². The van der Waals surface area contributed by atoms with Crippen LogP contribution >= 0.6 is 0 Å². The van der Waals surface area contributed by atoms with E-state index in [0.717, 1.165) is 23.5 Å². The molecule has 0 saturated heterocycles. The first kappa shape index (κ1) is 19.4. The van der Waals surface area contributed by atoms with Gasteiger partial charge in [0.2, 0.25) is 0 Å². The number of rotatable bonds is 11. The minimum absolute atomic E-state index is 0.789. The summed E-state index contributed by atoms with van der Waals surface area (Å²) in [4.78, 5) is 0. The smallest absolute Gasteiger partial charge is 0.123 e. The molecule has 0 atom stereocenters. The molecule has 0 aliphatic rings. The van der Waals surface area contributed by atoms with E-state index < -0.39 is 0 Å². The molecule has 0 amide bonds. The third-order valence-electron chi connectivity index (χ3n) is 3.99. The van der Waals surface area contributed by atoms with Crippen LogP contribution in [0.5, 0.6) is 11.5 Å². The van der Waals surface area contributed by atoms with Gasteiger partial charge in [0.25, 0.3) is 0 Å². The predicted octanol–water partition coefficient (Wildman–Crippen LogP) is 5.98. The summed E-state index contributed by atoms with van der Waals surface area (Å²) in [6, 6.07) is 5.77. The van der Waals surface area contributed by atoms with Crippen LogP contribution in [0.2, 0.25) is 0 Å². The van der Waals surface area contributed by atoms with Gasteiger partial charge in [-0.1, -0.05) is 70.1 Å². The average molecular weight is 316 g/mol. The molecule has 0 unspecified atom stereocenters. The van der Waals surface area contributed by atoms with Crippen LogP contribution in [0.3, 0.4) is 0 Å². The summed E-state index contributed by atoms with van der Waals surface area (Å²) in [7, 11) is 3.32. The van der Waals surface area contributed by atoms with E-state index in [1.807, 2.05) is 18.2 Å². The molecule has 0 spiro atoms. The molecule has 0 fully saturated rings. The number of methoxy groups -OCH3 is 2. The zero-order valence-electron chi connectivity index (χ0n) is 15.1. The van der Waals surface area contributed by atoms with Crippen LogP contribution in [0.1, 0.15) is 76.7 Å². The van der Waals surface area contributed by atoms with E-state index in [2.05, 4.69) is 18.8 Å². The Morgan fingerprint density at radius 2 is 1.26 bits per heavy atom. The molecule has 0 radical (unpaired) electrons. The fraction of sp³-hybridized carbons (Fsp3) is 0.619. The van der Waals surface area contributed by atoms with Gasteiger partial charge in [-0.15, -0.1) is 0 Å². The standard InChI is InChI=1S/C21H32O2/c1-4-5-6-7-8-9-10-11-12-13-14-15-19-16-20(22-2)18-21(17-19)23-3/h16-18H,4-13H2,1-3H3. The number of unbranched alkanes of at least 4 members (excludes halogenated alkanes) is 9.